The van der Waals surface area contributed by atoms with Crippen molar-refractivity contribution in [2.75, 3.05) is 13.2 Å². The first kappa shape index (κ1) is 20.9. The van der Waals surface area contributed by atoms with Crippen molar-refractivity contribution in [3.63, 3.8) is 0 Å². The Balaban J connectivity index is 2.52. The third-order valence-electron chi connectivity index (χ3n) is 4.51. The number of nitrogens with zero attached hydrogens (tertiary/aromatic N) is 1. The predicted molar refractivity (Wildman–Crippen MR) is 90.2 cm³/mol. The summed E-state index contributed by atoms with van der Waals surface area (Å²) in [5.41, 5.74) is 0. The molecule has 0 radical (unpaired) electrons. The van der Waals surface area contributed by atoms with Crippen molar-refractivity contribution in [1.82, 2.24) is 4.90 Å². The molecule has 1 rings (SSSR count). The Bertz CT molecular complexity index is 380. The average molecular weight is 347 g/mol. The van der Waals surface area contributed by atoms with Crippen LogP contribution in [0.25, 0.3) is 0 Å². The molecule has 4 nitrogen and oxygen atoms in total. The van der Waals surface area contributed by atoms with E-state index in [1.165, 1.54) is 6.08 Å². The zero-order chi connectivity index (χ0) is 18.0. The van der Waals surface area contributed by atoms with Gasteiger partial charge in [0.15, 0.2) is 0 Å². The van der Waals surface area contributed by atoms with Crippen LogP contribution in [-0.2, 0) is 4.74 Å². The Morgan fingerprint density at radius 1 is 1.38 bits per heavy atom. The van der Waals surface area contributed by atoms with E-state index in [0.717, 1.165) is 19.3 Å². The van der Waals surface area contributed by atoms with Crippen molar-refractivity contribution in [3.05, 3.63) is 12.7 Å². The molecule has 0 spiro atoms. The van der Waals surface area contributed by atoms with Gasteiger partial charge in [-0.05, 0) is 38.5 Å². The van der Waals surface area contributed by atoms with Gasteiger partial charge in [0.05, 0.1) is 12.7 Å². The lowest BCUT2D eigenvalue weighted by Gasteiger charge is -2.36. The lowest BCUT2D eigenvalue weighted by molar-refractivity contribution is -0.0529. The van der Waals surface area contributed by atoms with Crippen LogP contribution in [0.1, 0.15) is 64.7 Å². The number of aliphatic hydroxyl groups is 1. The quantitative estimate of drug-likeness (QED) is 0.467. The molecule has 0 aromatic rings. The molecule has 1 saturated carbocycles. The minimum absolute atomic E-state index is 0.175. The average Bonchev–Trinajstić information content (AvgIpc) is 2.55. The summed E-state index contributed by atoms with van der Waals surface area (Å²) < 4.78 is 32.0. The molecule has 6 heteroatoms. The molecular weight excluding hydrogens is 316 g/mol. The van der Waals surface area contributed by atoms with Gasteiger partial charge in [0.2, 0.25) is 5.92 Å². The van der Waals surface area contributed by atoms with Gasteiger partial charge in [0.1, 0.15) is 0 Å². The highest BCUT2D eigenvalue weighted by atomic mass is 19.3. The number of ether oxygens (including phenoxy) is 1. The van der Waals surface area contributed by atoms with Gasteiger partial charge in [-0.2, -0.15) is 0 Å². The molecule has 0 aromatic carbocycles. The SMILES string of the molecule is C=CC(O)CCCCN(C(=O)OCCCC)C1CCC(F)(F)CC1. The first-order valence-corrected chi connectivity index (χ1v) is 9.01. The van der Waals surface area contributed by atoms with E-state index in [2.05, 4.69) is 6.58 Å². The summed E-state index contributed by atoms with van der Waals surface area (Å²) in [5.74, 6) is -2.61. The summed E-state index contributed by atoms with van der Waals surface area (Å²) in [6.45, 7) is 6.38. The van der Waals surface area contributed by atoms with Crippen molar-refractivity contribution < 1.29 is 23.4 Å². The van der Waals surface area contributed by atoms with Crippen molar-refractivity contribution in [3.8, 4) is 0 Å². The number of carbonyl (C=O) groups excluding carboxylic acids is 1. The maximum atomic E-state index is 13.4. The highest BCUT2D eigenvalue weighted by molar-refractivity contribution is 5.68. The Hall–Kier alpha value is -1.17. The van der Waals surface area contributed by atoms with Gasteiger partial charge in [-0.3, -0.25) is 0 Å². The molecule has 1 amide bonds. The van der Waals surface area contributed by atoms with Crippen LogP contribution < -0.4 is 0 Å². The first-order chi connectivity index (χ1) is 11.4. The standard InChI is InChI=1S/C18H31F2NO3/c1-3-5-14-24-17(23)21(13-7-6-8-16(22)4-2)15-9-11-18(19,20)12-10-15/h4,15-16,22H,2-3,5-14H2,1H3. The Labute approximate surface area is 143 Å². The molecule has 0 bridgehead atoms. The van der Waals surface area contributed by atoms with Crippen LogP contribution in [0, 0.1) is 0 Å². The van der Waals surface area contributed by atoms with Crippen LogP contribution >= 0.6 is 0 Å². The predicted octanol–water partition coefficient (Wildman–Crippen LogP) is 4.52. The van der Waals surface area contributed by atoms with Crippen LogP contribution in [0.4, 0.5) is 13.6 Å². The molecule has 24 heavy (non-hydrogen) atoms. The van der Waals surface area contributed by atoms with E-state index < -0.39 is 18.1 Å². The second-order valence-corrected chi connectivity index (χ2v) is 6.55. The number of hydrogen-bond acceptors (Lipinski definition) is 3. The number of rotatable bonds is 10. The summed E-state index contributed by atoms with van der Waals surface area (Å²) in [6.07, 6.45) is 4.59. The minimum atomic E-state index is -2.61. The first-order valence-electron chi connectivity index (χ1n) is 9.01. The van der Waals surface area contributed by atoms with E-state index in [9.17, 15) is 18.7 Å². The zero-order valence-electron chi connectivity index (χ0n) is 14.7. The number of hydrogen-bond donors (Lipinski definition) is 1. The van der Waals surface area contributed by atoms with Crippen molar-refractivity contribution in [1.29, 1.82) is 0 Å². The molecular formula is C18H31F2NO3. The topological polar surface area (TPSA) is 49.8 Å². The summed E-state index contributed by atoms with van der Waals surface area (Å²) in [7, 11) is 0. The number of alkyl halides is 2. The van der Waals surface area contributed by atoms with Gasteiger partial charge >= 0.3 is 6.09 Å². The number of carbonyl (C=O) groups is 1. The molecule has 1 atom stereocenters. The molecule has 1 fully saturated rings. The van der Waals surface area contributed by atoms with Crippen LogP contribution in [0.15, 0.2) is 12.7 Å². The zero-order valence-corrected chi connectivity index (χ0v) is 14.7. The van der Waals surface area contributed by atoms with E-state index in [1.807, 2.05) is 6.92 Å². The molecule has 0 aromatic heterocycles. The lowest BCUT2D eigenvalue weighted by atomic mass is 9.91. The maximum absolute atomic E-state index is 13.4. The van der Waals surface area contributed by atoms with E-state index in [4.69, 9.17) is 4.74 Å². The van der Waals surface area contributed by atoms with Gasteiger partial charge in [0, 0.05) is 25.4 Å². The molecule has 140 valence electrons. The highest BCUT2D eigenvalue weighted by Crippen LogP contribution is 2.35. The Morgan fingerprint density at radius 2 is 2.04 bits per heavy atom. The van der Waals surface area contributed by atoms with Gasteiger partial charge in [-0.1, -0.05) is 19.4 Å². The van der Waals surface area contributed by atoms with Gasteiger partial charge in [-0.15, -0.1) is 6.58 Å². The van der Waals surface area contributed by atoms with E-state index in [1.54, 1.807) is 4.90 Å². The van der Waals surface area contributed by atoms with Crippen LogP contribution in [0.2, 0.25) is 0 Å². The molecule has 0 heterocycles. The lowest BCUT2D eigenvalue weighted by Crippen LogP contribution is -2.45. The smallest absolute Gasteiger partial charge is 0.410 e. The molecule has 1 N–H and O–H groups in total. The second kappa shape index (κ2) is 10.6. The van der Waals surface area contributed by atoms with Gasteiger partial charge < -0.3 is 14.7 Å². The van der Waals surface area contributed by atoms with E-state index >= 15 is 0 Å². The third-order valence-corrected chi connectivity index (χ3v) is 4.51. The van der Waals surface area contributed by atoms with Crippen LogP contribution in [0.5, 0.6) is 0 Å². The second-order valence-electron chi connectivity index (χ2n) is 6.55. The number of unbranched alkanes of at least 4 members (excludes halogenated alkanes) is 2. The Kier molecular flexibility index (Phi) is 9.26. The number of halogens is 2. The highest BCUT2D eigenvalue weighted by Gasteiger charge is 2.38. The fourth-order valence-corrected chi connectivity index (χ4v) is 2.90. The van der Waals surface area contributed by atoms with Gasteiger partial charge in [0.25, 0.3) is 0 Å². The normalized spacial score (nSPS) is 18.8. The van der Waals surface area contributed by atoms with Crippen LogP contribution in [0.3, 0.4) is 0 Å². The van der Waals surface area contributed by atoms with E-state index in [-0.39, 0.29) is 18.9 Å². The number of aliphatic hydroxyl groups excluding tert-OH is 1. The van der Waals surface area contributed by atoms with Crippen LogP contribution in [-0.4, -0.2) is 47.3 Å². The molecule has 1 aliphatic carbocycles. The fourth-order valence-electron chi connectivity index (χ4n) is 2.90. The summed E-state index contributed by atoms with van der Waals surface area (Å²) in [5, 5.41) is 9.48. The summed E-state index contributed by atoms with van der Waals surface area (Å²) in [6, 6.07) is -0.178. The molecule has 0 saturated heterocycles. The van der Waals surface area contributed by atoms with Crippen molar-refractivity contribution in [2.24, 2.45) is 0 Å². The summed E-state index contributed by atoms with van der Waals surface area (Å²) in [4.78, 5) is 13.9. The van der Waals surface area contributed by atoms with Crippen molar-refractivity contribution >= 4 is 6.09 Å². The molecule has 1 unspecified atom stereocenters. The molecule has 0 aliphatic heterocycles. The minimum Gasteiger partial charge on any atom is -0.449 e. The third kappa shape index (κ3) is 7.60. The Morgan fingerprint density at radius 3 is 2.62 bits per heavy atom. The number of amides is 1. The van der Waals surface area contributed by atoms with Gasteiger partial charge in [-0.25, -0.2) is 13.6 Å². The largest absolute Gasteiger partial charge is 0.449 e. The maximum Gasteiger partial charge on any atom is 0.410 e. The summed E-state index contributed by atoms with van der Waals surface area (Å²) >= 11 is 0. The molecule has 1 aliphatic rings. The monoisotopic (exact) mass is 347 g/mol. The van der Waals surface area contributed by atoms with Crippen molar-refractivity contribution in [2.45, 2.75) is 82.8 Å². The fraction of sp³-hybridized carbons (Fsp3) is 0.833. The van der Waals surface area contributed by atoms with E-state index in [0.29, 0.717) is 38.8 Å².